The number of carbonyl (C=O) groups is 1. The molecule has 1 amide bonds. The molecule has 3 saturated carbocycles. The van der Waals surface area contributed by atoms with Gasteiger partial charge in [-0.15, -0.1) is 0 Å². The number of hydrogen-bond acceptors (Lipinski definition) is 6. The van der Waals surface area contributed by atoms with Gasteiger partial charge >= 0.3 is 0 Å². The molecule has 7 rings (SSSR count). The Morgan fingerprint density at radius 1 is 1.15 bits per heavy atom. The molecule has 0 unspecified atom stereocenters. The Kier molecular flexibility index (Phi) is 5.92. The van der Waals surface area contributed by atoms with E-state index in [1.165, 1.54) is 37.4 Å². The number of hydrogen-bond donors (Lipinski definition) is 3. The number of carbonyl (C=O) groups excluding carboxylic acids is 1. The molecule has 1 atom stereocenters. The van der Waals surface area contributed by atoms with Crippen LogP contribution in [0.15, 0.2) is 48.7 Å². The molecule has 2 aromatic heterocycles. The molecule has 8 nitrogen and oxygen atoms in total. The largest absolute Gasteiger partial charge is 0.494 e. The SMILES string of the molecule is COc1cc(C(=O)NC[C@](O)(c2cc(C3(O)CC3)c(F)c(-c3ccc(F)cc3)n2)C2CC2)cc2cn(C3CC3)nc12. The van der Waals surface area contributed by atoms with Crippen LogP contribution in [0.5, 0.6) is 5.75 Å². The van der Waals surface area contributed by atoms with E-state index >= 15 is 4.39 Å². The van der Waals surface area contributed by atoms with Gasteiger partial charge in [0.05, 0.1) is 31.0 Å². The second-order valence-corrected chi connectivity index (χ2v) is 11.6. The van der Waals surface area contributed by atoms with Crippen molar-refractivity contribution in [1.82, 2.24) is 20.1 Å². The van der Waals surface area contributed by atoms with Crippen LogP contribution in [0.1, 0.15) is 66.2 Å². The summed E-state index contributed by atoms with van der Waals surface area (Å²) < 4.78 is 36.7. The first-order chi connectivity index (χ1) is 19.7. The molecule has 2 heterocycles. The van der Waals surface area contributed by atoms with Gasteiger partial charge in [-0.25, -0.2) is 13.8 Å². The van der Waals surface area contributed by atoms with Crippen LogP contribution < -0.4 is 10.1 Å². The molecule has 3 fully saturated rings. The van der Waals surface area contributed by atoms with Gasteiger partial charge in [-0.05, 0) is 86.9 Å². The first-order valence-electron chi connectivity index (χ1n) is 14.0. The summed E-state index contributed by atoms with van der Waals surface area (Å²) in [7, 11) is 1.53. The molecule has 0 aliphatic heterocycles. The summed E-state index contributed by atoms with van der Waals surface area (Å²) >= 11 is 0. The van der Waals surface area contributed by atoms with Gasteiger partial charge in [-0.1, -0.05) is 0 Å². The van der Waals surface area contributed by atoms with Crippen molar-refractivity contribution in [1.29, 1.82) is 0 Å². The van der Waals surface area contributed by atoms with E-state index in [4.69, 9.17) is 4.74 Å². The maximum absolute atomic E-state index is 15.7. The predicted molar refractivity (Wildman–Crippen MR) is 146 cm³/mol. The topological polar surface area (TPSA) is 110 Å². The fourth-order valence-electron chi connectivity index (χ4n) is 5.53. The summed E-state index contributed by atoms with van der Waals surface area (Å²) in [6.07, 6.45) is 6.24. The lowest BCUT2D eigenvalue weighted by Gasteiger charge is -2.30. The summed E-state index contributed by atoms with van der Waals surface area (Å²) in [4.78, 5) is 17.9. The predicted octanol–water partition coefficient (Wildman–Crippen LogP) is 4.73. The molecule has 0 bridgehead atoms. The minimum absolute atomic E-state index is 0.0510. The molecule has 4 aromatic rings. The minimum atomic E-state index is -1.61. The molecule has 3 N–H and O–H groups in total. The van der Waals surface area contributed by atoms with Crippen LogP contribution in [-0.2, 0) is 11.2 Å². The average Bonchev–Trinajstić information content (AvgIpc) is 3.84. The Morgan fingerprint density at radius 2 is 1.88 bits per heavy atom. The first kappa shape index (κ1) is 26.0. The number of amides is 1. The third kappa shape index (κ3) is 4.64. The quantitative estimate of drug-likeness (QED) is 0.273. The second-order valence-electron chi connectivity index (χ2n) is 11.6. The van der Waals surface area contributed by atoms with Gasteiger partial charge in [0.2, 0.25) is 0 Å². The number of fused-ring (bicyclic) bond motifs is 1. The number of methoxy groups -OCH3 is 1. The fraction of sp³-hybridized carbons (Fsp3) is 0.387. The molecule has 2 aromatic carbocycles. The Balaban J connectivity index is 1.22. The highest BCUT2D eigenvalue weighted by Gasteiger charge is 2.50. The molecular formula is C31H30F2N4O4. The molecule has 3 aliphatic carbocycles. The van der Waals surface area contributed by atoms with Crippen molar-refractivity contribution < 1.29 is 28.5 Å². The molecule has 0 spiro atoms. The molecule has 41 heavy (non-hydrogen) atoms. The fourth-order valence-corrected chi connectivity index (χ4v) is 5.53. The van der Waals surface area contributed by atoms with Gasteiger partial charge in [0, 0.05) is 28.3 Å². The van der Waals surface area contributed by atoms with Crippen LogP contribution in [0.4, 0.5) is 8.78 Å². The number of nitrogens with zero attached hydrogens (tertiary/aromatic N) is 3. The van der Waals surface area contributed by atoms with E-state index in [-0.39, 0.29) is 29.4 Å². The smallest absolute Gasteiger partial charge is 0.251 e. The lowest BCUT2D eigenvalue weighted by molar-refractivity contribution is 0.00910. The normalized spacial score (nSPS) is 19.1. The van der Waals surface area contributed by atoms with Crippen LogP contribution >= 0.6 is 0 Å². The van der Waals surface area contributed by atoms with Crippen molar-refractivity contribution in [3.8, 4) is 17.0 Å². The van der Waals surface area contributed by atoms with Gasteiger partial charge in [-0.2, -0.15) is 5.10 Å². The Morgan fingerprint density at radius 3 is 2.51 bits per heavy atom. The number of ether oxygens (including phenoxy) is 1. The van der Waals surface area contributed by atoms with E-state index in [1.807, 2.05) is 10.9 Å². The molecule has 0 radical (unpaired) electrons. The third-order valence-electron chi connectivity index (χ3n) is 8.51. The van der Waals surface area contributed by atoms with Crippen LogP contribution in [0, 0.1) is 17.6 Å². The van der Waals surface area contributed by atoms with Crippen LogP contribution in [0.25, 0.3) is 22.2 Å². The lowest BCUT2D eigenvalue weighted by Crippen LogP contribution is -2.43. The standard InChI is InChI=1S/C31H30F2N4O4/c1-41-24-13-18(12-19-15-37(22-8-9-22)36-27(19)24)29(38)34-16-31(40,20-4-5-20)25-14-23(30(39)10-11-30)26(33)28(35-25)17-2-6-21(32)7-3-17/h2-3,6-7,12-15,20,22,39-40H,4-5,8-11,16H2,1H3,(H,34,38)/t31-/m1/s1. The van der Waals surface area contributed by atoms with E-state index in [0.717, 1.165) is 18.2 Å². The van der Waals surface area contributed by atoms with E-state index < -0.39 is 28.7 Å². The number of halogens is 2. The molecule has 10 heteroatoms. The maximum Gasteiger partial charge on any atom is 0.251 e. The van der Waals surface area contributed by atoms with Gasteiger partial charge in [0.1, 0.15) is 28.4 Å². The van der Waals surface area contributed by atoms with Gasteiger partial charge < -0.3 is 20.3 Å². The van der Waals surface area contributed by atoms with Gasteiger partial charge in [0.25, 0.3) is 5.91 Å². The number of pyridine rings is 1. The number of aliphatic hydroxyl groups is 2. The average molecular weight is 561 g/mol. The molecule has 3 aliphatic rings. The third-order valence-corrected chi connectivity index (χ3v) is 8.51. The van der Waals surface area contributed by atoms with E-state index in [9.17, 15) is 19.4 Å². The Bertz CT molecular complexity index is 1680. The highest BCUT2D eigenvalue weighted by molar-refractivity contribution is 5.99. The highest BCUT2D eigenvalue weighted by Crippen LogP contribution is 2.50. The van der Waals surface area contributed by atoms with Crippen molar-refractivity contribution in [2.45, 2.75) is 55.8 Å². The van der Waals surface area contributed by atoms with E-state index in [0.29, 0.717) is 54.1 Å². The zero-order valence-corrected chi connectivity index (χ0v) is 22.5. The zero-order chi connectivity index (χ0) is 28.5. The number of aromatic nitrogens is 3. The van der Waals surface area contributed by atoms with Gasteiger partial charge in [0.15, 0.2) is 5.82 Å². The number of nitrogens with one attached hydrogen (secondary N) is 1. The highest BCUT2D eigenvalue weighted by atomic mass is 19.1. The zero-order valence-electron chi connectivity index (χ0n) is 22.5. The molecule has 0 saturated heterocycles. The monoisotopic (exact) mass is 560 g/mol. The second kappa shape index (κ2) is 9.32. The summed E-state index contributed by atoms with van der Waals surface area (Å²) in [5.74, 6) is -1.31. The summed E-state index contributed by atoms with van der Waals surface area (Å²) in [6, 6.07) is 10.4. The summed E-state index contributed by atoms with van der Waals surface area (Å²) in [6.45, 7) is -0.169. The Hall–Kier alpha value is -3.89. The van der Waals surface area contributed by atoms with Crippen LogP contribution in [-0.4, -0.2) is 44.5 Å². The first-order valence-corrected chi connectivity index (χ1v) is 14.0. The van der Waals surface area contributed by atoms with Crippen molar-refractivity contribution >= 4 is 16.8 Å². The van der Waals surface area contributed by atoms with Crippen LogP contribution in [0.2, 0.25) is 0 Å². The minimum Gasteiger partial charge on any atom is -0.494 e. The van der Waals surface area contributed by atoms with Crippen molar-refractivity contribution in [3.05, 3.63) is 77.1 Å². The Labute approximate surface area is 235 Å². The summed E-state index contributed by atoms with van der Waals surface area (Å²) in [5, 5.41) is 31.1. The van der Waals surface area contributed by atoms with E-state index in [2.05, 4.69) is 15.4 Å². The number of rotatable bonds is 9. The van der Waals surface area contributed by atoms with Crippen molar-refractivity contribution in [3.63, 3.8) is 0 Å². The van der Waals surface area contributed by atoms with E-state index in [1.54, 1.807) is 12.1 Å². The summed E-state index contributed by atoms with van der Waals surface area (Å²) in [5.41, 5.74) is -1.46. The van der Waals surface area contributed by atoms with Crippen molar-refractivity contribution in [2.75, 3.05) is 13.7 Å². The number of benzene rings is 2. The van der Waals surface area contributed by atoms with Crippen molar-refractivity contribution in [2.24, 2.45) is 5.92 Å². The molecular weight excluding hydrogens is 530 g/mol. The van der Waals surface area contributed by atoms with Gasteiger partial charge in [-0.3, -0.25) is 9.48 Å². The molecule has 212 valence electrons. The van der Waals surface area contributed by atoms with Crippen LogP contribution in [0.3, 0.4) is 0 Å². The maximum atomic E-state index is 15.7. The lowest BCUT2D eigenvalue weighted by atomic mass is 9.89.